The summed E-state index contributed by atoms with van der Waals surface area (Å²) >= 11 is 0. The van der Waals surface area contributed by atoms with Crippen molar-refractivity contribution in [2.45, 2.75) is 64.4 Å². The Morgan fingerprint density at radius 3 is 2.41 bits per heavy atom. The maximum atomic E-state index is 10.2. The summed E-state index contributed by atoms with van der Waals surface area (Å²) in [6.07, 6.45) is 10.3. The van der Waals surface area contributed by atoms with Gasteiger partial charge in [0.1, 0.15) is 0 Å². The van der Waals surface area contributed by atoms with Crippen LogP contribution in [0.5, 0.6) is 0 Å². The lowest BCUT2D eigenvalue weighted by Gasteiger charge is -2.36. The normalized spacial score (nSPS) is 36.7. The summed E-state index contributed by atoms with van der Waals surface area (Å²) in [5.74, 6) is 1.42. The van der Waals surface area contributed by atoms with E-state index in [4.69, 9.17) is 0 Å². The van der Waals surface area contributed by atoms with Gasteiger partial charge in [0, 0.05) is 6.54 Å². The highest BCUT2D eigenvalue weighted by Crippen LogP contribution is 2.32. The Balaban J connectivity index is 1.82. The lowest BCUT2D eigenvalue weighted by Crippen LogP contribution is -2.39. The lowest BCUT2D eigenvalue weighted by atomic mass is 9.78. The molecule has 0 aromatic rings. The first-order chi connectivity index (χ1) is 8.29. The standard InChI is InChI=1S/C15H29NO/c1-2-13-7-8-15(17)14(11-13)12-16-9-5-3-4-6-10-16/h13-15,17H,2-12H2,1H3. The number of rotatable bonds is 3. The topological polar surface area (TPSA) is 23.5 Å². The Morgan fingerprint density at radius 2 is 1.76 bits per heavy atom. The van der Waals surface area contributed by atoms with E-state index in [0.717, 1.165) is 18.9 Å². The average Bonchev–Trinajstić information content (AvgIpc) is 2.60. The van der Waals surface area contributed by atoms with Crippen molar-refractivity contribution in [1.82, 2.24) is 4.90 Å². The molecule has 0 aromatic carbocycles. The minimum absolute atomic E-state index is 0.0268. The van der Waals surface area contributed by atoms with E-state index < -0.39 is 0 Å². The number of nitrogens with zero attached hydrogens (tertiary/aromatic N) is 1. The van der Waals surface area contributed by atoms with E-state index in [-0.39, 0.29) is 6.10 Å². The van der Waals surface area contributed by atoms with Crippen molar-refractivity contribution < 1.29 is 5.11 Å². The number of hydrogen-bond donors (Lipinski definition) is 1. The third kappa shape index (κ3) is 3.96. The van der Waals surface area contributed by atoms with Gasteiger partial charge in [-0.1, -0.05) is 26.2 Å². The minimum Gasteiger partial charge on any atom is -0.393 e. The Hall–Kier alpha value is -0.0800. The molecular formula is C15H29NO. The molecule has 0 amide bonds. The third-order valence-electron chi connectivity index (χ3n) is 4.82. The lowest BCUT2D eigenvalue weighted by molar-refractivity contribution is 0.0273. The van der Waals surface area contributed by atoms with Crippen molar-refractivity contribution in [2.24, 2.45) is 11.8 Å². The second kappa shape index (κ2) is 6.75. The highest BCUT2D eigenvalue weighted by atomic mass is 16.3. The molecule has 1 N–H and O–H groups in total. The summed E-state index contributed by atoms with van der Waals surface area (Å²) in [5, 5.41) is 10.2. The first-order valence-corrected chi connectivity index (χ1v) is 7.70. The van der Waals surface area contributed by atoms with E-state index in [9.17, 15) is 5.11 Å². The molecule has 17 heavy (non-hydrogen) atoms. The second-order valence-electron chi connectivity index (χ2n) is 6.13. The van der Waals surface area contributed by atoms with Crippen molar-refractivity contribution in [1.29, 1.82) is 0 Å². The molecule has 2 aliphatic rings. The van der Waals surface area contributed by atoms with Gasteiger partial charge in [0.2, 0.25) is 0 Å². The van der Waals surface area contributed by atoms with Crippen LogP contribution in [0, 0.1) is 11.8 Å². The Labute approximate surface area is 106 Å². The molecule has 0 aromatic heterocycles. The van der Waals surface area contributed by atoms with Gasteiger partial charge in [-0.2, -0.15) is 0 Å². The summed E-state index contributed by atoms with van der Waals surface area (Å²) in [6.45, 7) is 5.98. The number of aliphatic hydroxyl groups excluding tert-OH is 1. The molecule has 0 radical (unpaired) electrons. The Morgan fingerprint density at radius 1 is 1.06 bits per heavy atom. The fourth-order valence-electron chi connectivity index (χ4n) is 3.56. The number of aliphatic hydroxyl groups is 1. The first-order valence-electron chi connectivity index (χ1n) is 7.70. The van der Waals surface area contributed by atoms with Crippen LogP contribution in [0.4, 0.5) is 0 Å². The molecule has 3 atom stereocenters. The molecule has 1 saturated heterocycles. The van der Waals surface area contributed by atoms with E-state index in [1.807, 2.05) is 0 Å². The van der Waals surface area contributed by atoms with E-state index in [1.54, 1.807) is 0 Å². The molecule has 3 unspecified atom stereocenters. The van der Waals surface area contributed by atoms with Crippen molar-refractivity contribution >= 4 is 0 Å². The maximum absolute atomic E-state index is 10.2. The molecule has 2 nitrogen and oxygen atoms in total. The summed E-state index contributed by atoms with van der Waals surface area (Å²) in [4.78, 5) is 2.61. The van der Waals surface area contributed by atoms with Gasteiger partial charge in [0.25, 0.3) is 0 Å². The highest BCUT2D eigenvalue weighted by Gasteiger charge is 2.29. The van der Waals surface area contributed by atoms with E-state index in [1.165, 1.54) is 58.0 Å². The van der Waals surface area contributed by atoms with Crippen LogP contribution in [0.3, 0.4) is 0 Å². The molecule has 2 fully saturated rings. The predicted octanol–water partition coefficient (Wildman–Crippen LogP) is 3.05. The first kappa shape index (κ1) is 13.4. The molecule has 0 bridgehead atoms. The zero-order chi connectivity index (χ0) is 12.1. The minimum atomic E-state index is -0.0268. The quantitative estimate of drug-likeness (QED) is 0.818. The largest absolute Gasteiger partial charge is 0.393 e. The zero-order valence-corrected chi connectivity index (χ0v) is 11.4. The average molecular weight is 239 g/mol. The molecule has 1 aliphatic carbocycles. The predicted molar refractivity (Wildman–Crippen MR) is 72.0 cm³/mol. The Kier molecular flexibility index (Phi) is 5.30. The van der Waals surface area contributed by atoms with Crippen LogP contribution in [0.2, 0.25) is 0 Å². The van der Waals surface area contributed by atoms with Gasteiger partial charge in [-0.05, 0) is 57.0 Å². The van der Waals surface area contributed by atoms with Gasteiger partial charge in [-0.15, -0.1) is 0 Å². The Bertz CT molecular complexity index is 211. The fourth-order valence-corrected chi connectivity index (χ4v) is 3.56. The molecule has 100 valence electrons. The fraction of sp³-hybridized carbons (Fsp3) is 1.00. The van der Waals surface area contributed by atoms with Crippen molar-refractivity contribution in [3.05, 3.63) is 0 Å². The smallest absolute Gasteiger partial charge is 0.0580 e. The summed E-state index contributed by atoms with van der Waals surface area (Å²) in [6, 6.07) is 0. The van der Waals surface area contributed by atoms with Gasteiger partial charge >= 0.3 is 0 Å². The van der Waals surface area contributed by atoms with E-state index in [2.05, 4.69) is 11.8 Å². The van der Waals surface area contributed by atoms with Gasteiger partial charge < -0.3 is 10.0 Å². The molecular weight excluding hydrogens is 210 g/mol. The molecule has 0 spiro atoms. The van der Waals surface area contributed by atoms with Crippen molar-refractivity contribution in [2.75, 3.05) is 19.6 Å². The van der Waals surface area contributed by atoms with Crippen LogP contribution in [0.25, 0.3) is 0 Å². The van der Waals surface area contributed by atoms with E-state index in [0.29, 0.717) is 5.92 Å². The van der Waals surface area contributed by atoms with E-state index >= 15 is 0 Å². The summed E-state index contributed by atoms with van der Waals surface area (Å²) < 4.78 is 0. The zero-order valence-electron chi connectivity index (χ0n) is 11.4. The summed E-state index contributed by atoms with van der Waals surface area (Å²) in [7, 11) is 0. The molecule has 1 saturated carbocycles. The van der Waals surface area contributed by atoms with Crippen LogP contribution in [0.1, 0.15) is 58.3 Å². The maximum Gasteiger partial charge on any atom is 0.0580 e. The molecule has 1 heterocycles. The van der Waals surface area contributed by atoms with Gasteiger partial charge in [-0.25, -0.2) is 0 Å². The molecule has 2 heteroatoms. The number of likely N-dealkylation sites (tertiary alicyclic amines) is 1. The van der Waals surface area contributed by atoms with Crippen LogP contribution >= 0.6 is 0 Å². The second-order valence-corrected chi connectivity index (χ2v) is 6.13. The molecule has 2 rings (SSSR count). The van der Waals surface area contributed by atoms with Crippen LogP contribution in [-0.4, -0.2) is 35.7 Å². The van der Waals surface area contributed by atoms with Gasteiger partial charge in [-0.3, -0.25) is 0 Å². The third-order valence-corrected chi connectivity index (χ3v) is 4.82. The van der Waals surface area contributed by atoms with Gasteiger partial charge in [0.05, 0.1) is 6.10 Å². The summed E-state index contributed by atoms with van der Waals surface area (Å²) in [5.41, 5.74) is 0. The number of hydrogen-bond acceptors (Lipinski definition) is 2. The van der Waals surface area contributed by atoms with Crippen LogP contribution in [-0.2, 0) is 0 Å². The van der Waals surface area contributed by atoms with Crippen LogP contribution in [0.15, 0.2) is 0 Å². The molecule has 1 aliphatic heterocycles. The monoisotopic (exact) mass is 239 g/mol. The van der Waals surface area contributed by atoms with Crippen molar-refractivity contribution in [3.63, 3.8) is 0 Å². The van der Waals surface area contributed by atoms with Crippen molar-refractivity contribution in [3.8, 4) is 0 Å². The SMILES string of the molecule is CCC1CCC(O)C(CN2CCCCCC2)C1. The van der Waals surface area contributed by atoms with Gasteiger partial charge in [0.15, 0.2) is 0 Å². The highest BCUT2D eigenvalue weighted by molar-refractivity contribution is 4.82. The van der Waals surface area contributed by atoms with Crippen LogP contribution < -0.4 is 0 Å².